The normalized spacial score (nSPS) is 12.0. The second-order valence-electron chi connectivity index (χ2n) is 5.23. The number of nitrogens with one attached hydrogen (secondary N) is 1. The van der Waals surface area contributed by atoms with Crippen LogP contribution in [0.4, 0.5) is 13.2 Å². The summed E-state index contributed by atoms with van der Waals surface area (Å²) in [6, 6.07) is 10.2. The van der Waals surface area contributed by atoms with Crippen LogP contribution in [0.3, 0.4) is 0 Å². The summed E-state index contributed by atoms with van der Waals surface area (Å²) in [5.41, 5.74) is 5.90. The summed E-state index contributed by atoms with van der Waals surface area (Å²) in [6.45, 7) is 0.0411. The second kappa shape index (κ2) is 7.75. The maximum absolute atomic E-state index is 12.1. The summed E-state index contributed by atoms with van der Waals surface area (Å²) in [5.74, 6) is -1.02. The van der Waals surface area contributed by atoms with E-state index in [4.69, 9.17) is 5.73 Å². The Morgan fingerprint density at radius 3 is 2.12 bits per heavy atom. The van der Waals surface area contributed by atoms with Gasteiger partial charge in [-0.1, -0.05) is 12.1 Å². The van der Waals surface area contributed by atoms with Crippen LogP contribution < -0.4 is 15.2 Å². The van der Waals surface area contributed by atoms with Crippen molar-refractivity contribution in [1.29, 1.82) is 0 Å². The molecule has 26 heavy (non-hydrogen) atoms. The smallest absolute Gasteiger partial charge is 0.406 e. The number of primary amides is 1. The first-order valence-electron chi connectivity index (χ1n) is 7.31. The molecule has 0 aliphatic rings. The Hall–Kier alpha value is -2.59. The average Bonchev–Trinajstić information content (AvgIpc) is 2.55. The molecule has 140 valence electrons. The van der Waals surface area contributed by atoms with E-state index in [9.17, 15) is 26.4 Å². The topological polar surface area (TPSA) is 98.5 Å². The van der Waals surface area contributed by atoms with Crippen LogP contribution >= 0.6 is 0 Å². The Kier molecular flexibility index (Phi) is 5.88. The lowest BCUT2D eigenvalue weighted by Gasteiger charge is -2.10. The molecule has 0 aliphatic heterocycles. The van der Waals surface area contributed by atoms with Crippen LogP contribution in [-0.2, 0) is 16.4 Å². The quantitative estimate of drug-likeness (QED) is 0.760. The Morgan fingerprint density at radius 2 is 1.62 bits per heavy atom. The van der Waals surface area contributed by atoms with E-state index in [1.165, 1.54) is 36.4 Å². The van der Waals surface area contributed by atoms with E-state index in [-0.39, 0.29) is 29.2 Å². The van der Waals surface area contributed by atoms with Gasteiger partial charge in [0.1, 0.15) is 5.75 Å². The maximum Gasteiger partial charge on any atom is 0.573 e. The highest BCUT2D eigenvalue weighted by molar-refractivity contribution is 7.89. The average molecular weight is 388 g/mol. The number of amides is 1. The zero-order valence-corrected chi connectivity index (χ0v) is 14.1. The molecule has 0 heterocycles. The minimum Gasteiger partial charge on any atom is -0.406 e. The maximum atomic E-state index is 12.1. The van der Waals surface area contributed by atoms with Crippen molar-refractivity contribution in [3.05, 3.63) is 59.7 Å². The molecule has 0 aliphatic carbocycles. The van der Waals surface area contributed by atoms with E-state index < -0.39 is 22.3 Å². The molecule has 0 spiro atoms. The summed E-state index contributed by atoms with van der Waals surface area (Å²) in [6.07, 6.45) is -4.49. The molecule has 0 fully saturated rings. The molecule has 10 heteroatoms. The highest BCUT2D eigenvalue weighted by Gasteiger charge is 2.30. The molecular weight excluding hydrogens is 373 g/mol. The van der Waals surface area contributed by atoms with Gasteiger partial charge >= 0.3 is 6.36 Å². The number of ether oxygens (including phenoxy) is 1. The molecule has 1 amide bonds. The number of alkyl halides is 3. The second-order valence-corrected chi connectivity index (χ2v) is 7.00. The Labute approximate surface area is 147 Å². The van der Waals surface area contributed by atoms with Gasteiger partial charge in [0.15, 0.2) is 0 Å². The molecule has 0 saturated heterocycles. The van der Waals surface area contributed by atoms with E-state index in [1.807, 2.05) is 0 Å². The number of hydrogen-bond acceptors (Lipinski definition) is 4. The lowest BCUT2D eigenvalue weighted by atomic mass is 10.1. The first kappa shape index (κ1) is 19.7. The first-order valence-corrected chi connectivity index (χ1v) is 8.79. The summed E-state index contributed by atoms with van der Waals surface area (Å²) in [5, 5.41) is 0. The first-order chi connectivity index (χ1) is 12.1. The third-order valence-electron chi connectivity index (χ3n) is 3.31. The third-order valence-corrected chi connectivity index (χ3v) is 4.79. The summed E-state index contributed by atoms with van der Waals surface area (Å²) in [4.78, 5) is 10.9. The number of carbonyl (C=O) groups excluding carboxylic acids is 1. The minimum atomic E-state index is -4.76. The van der Waals surface area contributed by atoms with Crippen LogP contribution in [-0.4, -0.2) is 27.2 Å². The summed E-state index contributed by atoms with van der Waals surface area (Å²) < 4.78 is 66.7. The van der Waals surface area contributed by atoms with Crippen molar-refractivity contribution in [3.8, 4) is 5.75 Å². The number of benzene rings is 2. The number of rotatable bonds is 7. The van der Waals surface area contributed by atoms with E-state index >= 15 is 0 Å². The molecule has 0 aromatic heterocycles. The fraction of sp³-hybridized carbons (Fsp3) is 0.188. The van der Waals surface area contributed by atoms with Crippen LogP contribution in [0.5, 0.6) is 5.75 Å². The molecule has 0 radical (unpaired) electrons. The van der Waals surface area contributed by atoms with Crippen molar-refractivity contribution in [2.75, 3.05) is 6.54 Å². The monoisotopic (exact) mass is 388 g/mol. The van der Waals surface area contributed by atoms with Crippen LogP contribution in [0.15, 0.2) is 53.4 Å². The SMILES string of the molecule is NC(=O)c1ccc(S(=O)(=O)NCCc2ccc(OC(F)(F)F)cc2)cc1. The number of carbonyl (C=O) groups is 1. The molecule has 3 N–H and O–H groups in total. The van der Waals surface area contributed by atoms with E-state index in [2.05, 4.69) is 9.46 Å². The van der Waals surface area contributed by atoms with Gasteiger partial charge in [0.25, 0.3) is 0 Å². The highest BCUT2D eigenvalue weighted by Crippen LogP contribution is 2.22. The van der Waals surface area contributed by atoms with Gasteiger partial charge in [-0.25, -0.2) is 13.1 Å². The van der Waals surface area contributed by atoms with Gasteiger partial charge in [-0.2, -0.15) is 0 Å². The lowest BCUT2D eigenvalue weighted by Crippen LogP contribution is -2.26. The molecule has 0 saturated carbocycles. The van der Waals surface area contributed by atoms with Crippen molar-refractivity contribution in [2.24, 2.45) is 5.73 Å². The zero-order valence-electron chi connectivity index (χ0n) is 13.3. The van der Waals surface area contributed by atoms with Gasteiger partial charge in [0.2, 0.25) is 15.9 Å². The van der Waals surface area contributed by atoms with Gasteiger partial charge in [-0.3, -0.25) is 4.79 Å². The van der Waals surface area contributed by atoms with Crippen molar-refractivity contribution < 1.29 is 31.1 Å². The largest absolute Gasteiger partial charge is 0.573 e. The number of sulfonamides is 1. The Morgan fingerprint density at radius 1 is 1.04 bits per heavy atom. The van der Waals surface area contributed by atoms with Crippen molar-refractivity contribution in [1.82, 2.24) is 4.72 Å². The van der Waals surface area contributed by atoms with E-state index in [1.54, 1.807) is 0 Å². The molecule has 0 unspecified atom stereocenters. The van der Waals surface area contributed by atoms with Crippen molar-refractivity contribution in [3.63, 3.8) is 0 Å². The molecule has 2 aromatic carbocycles. The molecule has 2 aromatic rings. The van der Waals surface area contributed by atoms with Crippen LogP contribution in [0.1, 0.15) is 15.9 Å². The fourth-order valence-electron chi connectivity index (χ4n) is 2.07. The summed E-state index contributed by atoms with van der Waals surface area (Å²) in [7, 11) is -3.78. The Bertz CT molecular complexity index is 864. The predicted molar refractivity (Wildman–Crippen MR) is 87.0 cm³/mol. The van der Waals surface area contributed by atoms with Gasteiger partial charge in [0, 0.05) is 12.1 Å². The third kappa shape index (κ3) is 5.74. The minimum absolute atomic E-state index is 0.0311. The molecule has 0 atom stereocenters. The summed E-state index contributed by atoms with van der Waals surface area (Å²) >= 11 is 0. The van der Waals surface area contributed by atoms with Crippen LogP contribution in [0, 0.1) is 0 Å². The van der Waals surface area contributed by atoms with Crippen molar-refractivity contribution in [2.45, 2.75) is 17.7 Å². The molecular formula is C16H15F3N2O4S. The molecule has 6 nitrogen and oxygen atoms in total. The standard InChI is InChI=1S/C16H15F3N2O4S/c17-16(18,19)25-13-5-1-11(2-6-13)9-10-21-26(23,24)14-7-3-12(4-8-14)15(20)22/h1-8,21H,9-10H2,(H2,20,22). The van der Waals surface area contributed by atoms with Crippen LogP contribution in [0.2, 0.25) is 0 Å². The van der Waals surface area contributed by atoms with Gasteiger partial charge in [0.05, 0.1) is 4.90 Å². The van der Waals surface area contributed by atoms with E-state index in [0.29, 0.717) is 5.56 Å². The van der Waals surface area contributed by atoms with Gasteiger partial charge < -0.3 is 10.5 Å². The molecule has 0 bridgehead atoms. The number of halogens is 3. The molecule has 2 rings (SSSR count). The van der Waals surface area contributed by atoms with Crippen molar-refractivity contribution >= 4 is 15.9 Å². The number of nitrogens with two attached hydrogens (primary N) is 1. The zero-order chi connectivity index (χ0) is 19.4. The lowest BCUT2D eigenvalue weighted by molar-refractivity contribution is -0.274. The van der Waals surface area contributed by atoms with Gasteiger partial charge in [-0.15, -0.1) is 13.2 Å². The fourth-order valence-corrected chi connectivity index (χ4v) is 3.10. The number of hydrogen-bond donors (Lipinski definition) is 2. The van der Waals surface area contributed by atoms with Gasteiger partial charge in [-0.05, 0) is 48.4 Å². The predicted octanol–water partition coefficient (Wildman–Crippen LogP) is 2.21. The van der Waals surface area contributed by atoms with Crippen LogP contribution in [0.25, 0.3) is 0 Å². The van der Waals surface area contributed by atoms with E-state index in [0.717, 1.165) is 12.1 Å². The Balaban J connectivity index is 1.92. The highest BCUT2D eigenvalue weighted by atomic mass is 32.2.